The van der Waals surface area contributed by atoms with Gasteiger partial charge < -0.3 is 10.2 Å². The molecule has 2 N–H and O–H groups in total. The number of nitrogens with zero attached hydrogens (tertiary/aromatic N) is 1. The Balaban J connectivity index is 1.41. The Morgan fingerprint density at radius 2 is 1.82 bits per heavy atom. The lowest BCUT2D eigenvalue weighted by atomic mass is 9.41. The molecule has 4 fully saturated rings. The molecule has 1 aromatic carbocycles. The number of fused-ring (bicyclic) bond motifs is 7. The van der Waals surface area contributed by atoms with Crippen LogP contribution in [0.3, 0.4) is 0 Å². The maximum Gasteiger partial charge on any atom is 0.416 e. The van der Waals surface area contributed by atoms with E-state index in [0.717, 1.165) is 12.1 Å². The van der Waals surface area contributed by atoms with Crippen molar-refractivity contribution in [3.63, 3.8) is 0 Å². The normalized spacial score (nSPS) is 44.0. The lowest BCUT2D eigenvalue weighted by Crippen LogP contribution is -2.67. The Kier molecular flexibility index (Phi) is 5.86. The van der Waals surface area contributed by atoms with Crippen LogP contribution in [0.25, 0.3) is 0 Å². The molecular formula is C30H33F4NO5. The van der Waals surface area contributed by atoms with Crippen molar-refractivity contribution in [1.29, 1.82) is 0 Å². The Morgan fingerprint density at radius 1 is 1.15 bits per heavy atom. The van der Waals surface area contributed by atoms with Gasteiger partial charge in [0.05, 0.1) is 23.9 Å². The number of hydrogen-bond acceptors (Lipinski definition) is 6. The number of aliphatic hydroxyl groups excluding tert-OH is 2. The summed E-state index contributed by atoms with van der Waals surface area (Å²) in [4.78, 5) is 32.2. The summed E-state index contributed by atoms with van der Waals surface area (Å²) in [5, 5.41) is 23.3. The Hall–Kier alpha value is -2.56. The summed E-state index contributed by atoms with van der Waals surface area (Å²) < 4.78 is 55.2. The average molecular weight is 564 g/mol. The van der Waals surface area contributed by atoms with Crippen LogP contribution in [0.15, 0.2) is 48.1 Å². The standard InChI is InChI=1S/C30H33F4NO5/c1-26-9-8-19(37)10-20(26)22(31)11-21-25(26)23(38)13-28(3)27(21,2)12-17-14-35(40-29(17,28)24(39)15-36)18-6-4-16(5-7-18)30(32,33)34/h4-10,17,21-23,25,36,38H,11-15H2,1-3H3. The molecule has 0 spiro atoms. The molecular weight excluding hydrogens is 530 g/mol. The number of hydroxylamine groups is 1. The number of halogens is 4. The molecule has 40 heavy (non-hydrogen) atoms. The predicted molar refractivity (Wildman–Crippen MR) is 136 cm³/mol. The Morgan fingerprint density at radius 3 is 2.45 bits per heavy atom. The van der Waals surface area contributed by atoms with Crippen molar-refractivity contribution in [2.24, 2.45) is 34.0 Å². The molecule has 1 saturated heterocycles. The highest BCUT2D eigenvalue weighted by atomic mass is 19.4. The highest BCUT2D eigenvalue weighted by Gasteiger charge is 2.79. The number of alkyl halides is 4. The summed E-state index contributed by atoms with van der Waals surface area (Å²) in [6.45, 7) is 5.10. The number of benzene rings is 1. The molecule has 3 saturated carbocycles. The third-order valence-electron chi connectivity index (χ3n) is 11.3. The number of anilines is 1. The van der Waals surface area contributed by atoms with E-state index in [1.165, 1.54) is 29.3 Å². The van der Waals surface area contributed by atoms with Gasteiger partial charge in [0.1, 0.15) is 12.8 Å². The number of carbonyl (C=O) groups is 2. The van der Waals surface area contributed by atoms with E-state index >= 15 is 4.39 Å². The second kappa shape index (κ2) is 8.49. The molecule has 1 aromatic rings. The van der Waals surface area contributed by atoms with Gasteiger partial charge in [0.15, 0.2) is 17.2 Å². The van der Waals surface area contributed by atoms with Crippen molar-refractivity contribution in [2.75, 3.05) is 18.2 Å². The smallest absolute Gasteiger partial charge is 0.393 e. The number of aliphatic hydroxyl groups is 2. The van der Waals surface area contributed by atoms with Crippen LogP contribution in [0.1, 0.15) is 45.6 Å². The van der Waals surface area contributed by atoms with Crippen LogP contribution in [0.4, 0.5) is 23.2 Å². The van der Waals surface area contributed by atoms with Gasteiger partial charge >= 0.3 is 6.18 Å². The molecule has 9 unspecified atom stereocenters. The zero-order valence-electron chi connectivity index (χ0n) is 22.5. The maximum absolute atomic E-state index is 15.8. The fraction of sp³-hybridized carbons (Fsp3) is 0.600. The van der Waals surface area contributed by atoms with Crippen molar-refractivity contribution < 1.29 is 42.2 Å². The van der Waals surface area contributed by atoms with E-state index in [4.69, 9.17) is 4.84 Å². The van der Waals surface area contributed by atoms with E-state index in [1.807, 2.05) is 20.8 Å². The molecule has 5 aliphatic rings. The van der Waals surface area contributed by atoms with Crippen LogP contribution in [0.5, 0.6) is 0 Å². The average Bonchev–Trinajstić information content (AvgIpc) is 3.35. The van der Waals surface area contributed by atoms with Crippen molar-refractivity contribution in [1.82, 2.24) is 0 Å². The molecule has 216 valence electrons. The summed E-state index contributed by atoms with van der Waals surface area (Å²) in [5.74, 6) is -2.07. The fourth-order valence-corrected chi connectivity index (χ4v) is 9.38. The maximum atomic E-state index is 15.8. The van der Waals surface area contributed by atoms with E-state index < -0.39 is 70.1 Å². The van der Waals surface area contributed by atoms with Crippen molar-refractivity contribution in [3.05, 3.63) is 53.6 Å². The van der Waals surface area contributed by atoms with Crippen LogP contribution >= 0.6 is 0 Å². The fourth-order valence-electron chi connectivity index (χ4n) is 9.38. The van der Waals surface area contributed by atoms with Gasteiger partial charge in [-0.25, -0.2) is 4.39 Å². The van der Waals surface area contributed by atoms with Crippen LogP contribution in [0.2, 0.25) is 0 Å². The van der Waals surface area contributed by atoms with Gasteiger partial charge in [0.25, 0.3) is 0 Å². The largest absolute Gasteiger partial charge is 0.416 e. The summed E-state index contributed by atoms with van der Waals surface area (Å²) >= 11 is 0. The second-order valence-electron chi connectivity index (χ2n) is 12.9. The van der Waals surface area contributed by atoms with Gasteiger partial charge in [0.2, 0.25) is 0 Å². The predicted octanol–water partition coefficient (Wildman–Crippen LogP) is 4.60. The van der Waals surface area contributed by atoms with Gasteiger partial charge in [-0.1, -0.05) is 26.8 Å². The Bertz CT molecular complexity index is 1330. The van der Waals surface area contributed by atoms with Gasteiger partial charge in [0, 0.05) is 22.7 Å². The Labute approximate surface area is 229 Å². The second-order valence-corrected chi connectivity index (χ2v) is 12.9. The number of rotatable bonds is 3. The molecule has 0 aromatic heterocycles. The molecule has 6 rings (SSSR count). The third kappa shape index (κ3) is 3.32. The number of Topliss-reactive ketones (excluding diaryl/α,β-unsaturated/α-hetero) is 1. The molecule has 10 heteroatoms. The number of ketones is 2. The van der Waals surface area contributed by atoms with Crippen LogP contribution < -0.4 is 5.06 Å². The first kappa shape index (κ1) is 27.6. The lowest BCUT2D eigenvalue weighted by molar-refractivity contribution is -0.216. The van der Waals surface area contributed by atoms with Gasteiger partial charge in [-0.15, -0.1) is 0 Å². The highest BCUT2D eigenvalue weighted by Crippen LogP contribution is 2.76. The van der Waals surface area contributed by atoms with Gasteiger partial charge in [-0.3, -0.25) is 19.5 Å². The van der Waals surface area contributed by atoms with E-state index in [9.17, 15) is 33.0 Å². The zero-order chi connectivity index (χ0) is 29.0. The summed E-state index contributed by atoms with van der Waals surface area (Å²) in [6.07, 6.45) is -1.75. The number of hydrogen-bond donors (Lipinski definition) is 2. The van der Waals surface area contributed by atoms with Crippen LogP contribution in [0, 0.1) is 34.0 Å². The quantitative estimate of drug-likeness (QED) is 0.523. The molecule has 1 heterocycles. The van der Waals surface area contributed by atoms with Crippen LogP contribution in [-0.2, 0) is 20.6 Å². The summed E-state index contributed by atoms with van der Waals surface area (Å²) in [7, 11) is 0. The van der Waals surface area contributed by atoms with E-state index in [1.54, 1.807) is 6.08 Å². The SMILES string of the molecule is CC12C=CC(=O)C=C1C(F)CC1C2C(O)CC2(C)C1(C)CC1CN(c3ccc(C(F)(F)F)cc3)OC12C(=O)CO. The topological polar surface area (TPSA) is 87.1 Å². The number of allylic oxidation sites excluding steroid dienone is 4. The van der Waals surface area contributed by atoms with Crippen molar-refractivity contribution in [2.45, 2.75) is 64.1 Å². The molecule has 0 bridgehead atoms. The van der Waals surface area contributed by atoms with E-state index in [2.05, 4.69) is 0 Å². The number of carbonyl (C=O) groups excluding carboxylic acids is 2. The molecule has 0 amide bonds. The first-order valence-electron chi connectivity index (χ1n) is 13.7. The van der Waals surface area contributed by atoms with Gasteiger partial charge in [-0.2, -0.15) is 13.2 Å². The minimum atomic E-state index is -4.50. The van der Waals surface area contributed by atoms with E-state index in [0.29, 0.717) is 17.7 Å². The highest BCUT2D eigenvalue weighted by molar-refractivity contribution is 6.01. The zero-order valence-corrected chi connectivity index (χ0v) is 22.5. The van der Waals surface area contributed by atoms with Crippen LogP contribution in [-0.4, -0.2) is 52.8 Å². The molecule has 0 radical (unpaired) electrons. The first-order chi connectivity index (χ1) is 18.6. The van der Waals surface area contributed by atoms with Crippen molar-refractivity contribution in [3.8, 4) is 0 Å². The van der Waals surface area contributed by atoms with Crippen molar-refractivity contribution >= 4 is 17.3 Å². The third-order valence-corrected chi connectivity index (χ3v) is 11.3. The first-order valence-corrected chi connectivity index (χ1v) is 13.7. The molecule has 6 nitrogen and oxygen atoms in total. The summed E-state index contributed by atoms with van der Waals surface area (Å²) in [6, 6.07) is 4.47. The van der Waals surface area contributed by atoms with E-state index in [-0.39, 0.29) is 31.1 Å². The molecule has 4 aliphatic carbocycles. The minimum absolute atomic E-state index is 0.0785. The minimum Gasteiger partial charge on any atom is -0.393 e. The lowest BCUT2D eigenvalue weighted by Gasteiger charge is -2.64. The molecule has 9 atom stereocenters. The monoisotopic (exact) mass is 563 g/mol. The van der Waals surface area contributed by atoms with Gasteiger partial charge in [-0.05, 0) is 72.6 Å². The molecule has 1 aliphatic heterocycles. The summed E-state index contributed by atoms with van der Waals surface area (Å²) in [5.41, 5.74) is -4.25.